The van der Waals surface area contributed by atoms with Crippen molar-refractivity contribution in [1.29, 1.82) is 0 Å². The summed E-state index contributed by atoms with van der Waals surface area (Å²) in [6, 6.07) is 9.17. The van der Waals surface area contributed by atoms with Gasteiger partial charge in [-0.25, -0.2) is 0 Å². The lowest BCUT2D eigenvalue weighted by Gasteiger charge is -2.40. The molecular formula is C17H26ClN. The lowest BCUT2D eigenvalue weighted by molar-refractivity contribution is 0.145. The Morgan fingerprint density at radius 1 is 1.32 bits per heavy atom. The highest BCUT2D eigenvalue weighted by Crippen LogP contribution is 2.39. The maximum atomic E-state index is 6.07. The van der Waals surface area contributed by atoms with Gasteiger partial charge < -0.3 is 5.32 Å². The topological polar surface area (TPSA) is 12.0 Å². The Hall–Kier alpha value is -0.530. The molecule has 1 fully saturated rings. The average Bonchev–Trinajstić information content (AvgIpc) is 2.25. The summed E-state index contributed by atoms with van der Waals surface area (Å²) >= 11 is 6.07. The molecule has 2 rings (SSSR count). The first-order valence-corrected chi connectivity index (χ1v) is 7.75. The molecule has 0 aliphatic heterocycles. The first-order chi connectivity index (χ1) is 8.85. The zero-order valence-corrected chi connectivity index (χ0v) is 13.3. The molecular weight excluding hydrogens is 254 g/mol. The van der Waals surface area contributed by atoms with Crippen LogP contribution in [0.15, 0.2) is 24.3 Å². The van der Waals surface area contributed by atoms with E-state index in [4.69, 9.17) is 11.6 Å². The molecule has 2 heteroatoms. The molecule has 0 bridgehead atoms. The highest BCUT2D eigenvalue weighted by molar-refractivity contribution is 6.30. The molecule has 0 radical (unpaired) electrons. The summed E-state index contributed by atoms with van der Waals surface area (Å²) < 4.78 is 0. The molecule has 1 aliphatic carbocycles. The third-order valence-corrected chi connectivity index (χ3v) is 4.46. The number of benzene rings is 1. The zero-order chi connectivity index (χ0) is 14.0. The van der Waals surface area contributed by atoms with E-state index in [-0.39, 0.29) is 0 Å². The van der Waals surface area contributed by atoms with E-state index >= 15 is 0 Å². The quantitative estimate of drug-likeness (QED) is 0.801. The van der Waals surface area contributed by atoms with E-state index in [0.29, 0.717) is 17.5 Å². The van der Waals surface area contributed by atoms with Gasteiger partial charge in [-0.15, -0.1) is 0 Å². The van der Waals surface area contributed by atoms with Crippen molar-refractivity contribution in [3.05, 3.63) is 34.9 Å². The fourth-order valence-electron chi connectivity index (χ4n) is 3.70. The van der Waals surface area contributed by atoms with E-state index in [9.17, 15) is 0 Å². The third-order valence-electron chi connectivity index (χ3n) is 4.22. The number of rotatable bonds is 3. The van der Waals surface area contributed by atoms with Crippen LogP contribution < -0.4 is 5.32 Å². The van der Waals surface area contributed by atoms with Gasteiger partial charge in [0, 0.05) is 17.1 Å². The lowest BCUT2D eigenvalue weighted by Crippen LogP contribution is -2.41. The molecule has 0 aromatic heterocycles. The molecule has 1 aromatic carbocycles. The number of nitrogens with one attached hydrogen (secondary N) is 1. The standard InChI is InChI=1S/C17H26ClN/c1-12-8-16(11-17(3,4)10-12)19-13(2)14-6-5-7-15(18)9-14/h5-7,9,12-13,16,19H,8,10-11H2,1-4H3. The average molecular weight is 280 g/mol. The first-order valence-electron chi connectivity index (χ1n) is 7.37. The van der Waals surface area contributed by atoms with Gasteiger partial charge in [0.05, 0.1) is 0 Å². The Bertz CT molecular complexity index is 427. The van der Waals surface area contributed by atoms with Crippen molar-refractivity contribution in [2.75, 3.05) is 0 Å². The Morgan fingerprint density at radius 3 is 2.68 bits per heavy atom. The fourth-order valence-corrected chi connectivity index (χ4v) is 3.90. The number of hydrogen-bond acceptors (Lipinski definition) is 1. The van der Waals surface area contributed by atoms with E-state index < -0.39 is 0 Å². The van der Waals surface area contributed by atoms with Crippen LogP contribution in [0.5, 0.6) is 0 Å². The van der Waals surface area contributed by atoms with E-state index in [1.807, 2.05) is 12.1 Å². The molecule has 0 heterocycles. The van der Waals surface area contributed by atoms with Crippen molar-refractivity contribution in [3.8, 4) is 0 Å². The maximum absolute atomic E-state index is 6.07. The van der Waals surface area contributed by atoms with E-state index in [1.54, 1.807) is 0 Å². The van der Waals surface area contributed by atoms with E-state index in [0.717, 1.165) is 10.9 Å². The number of hydrogen-bond donors (Lipinski definition) is 1. The number of halogens is 1. The van der Waals surface area contributed by atoms with Gasteiger partial charge in [0.2, 0.25) is 0 Å². The monoisotopic (exact) mass is 279 g/mol. The Kier molecular flexibility index (Phi) is 4.58. The van der Waals surface area contributed by atoms with Gasteiger partial charge in [-0.2, -0.15) is 0 Å². The normalized spacial score (nSPS) is 28.1. The predicted molar refractivity (Wildman–Crippen MR) is 83.6 cm³/mol. The van der Waals surface area contributed by atoms with Gasteiger partial charge in [-0.05, 0) is 55.2 Å². The van der Waals surface area contributed by atoms with Gasteiger partial charge in [0.25, 0.3) is 0 Å². The zero-order valence-electron chi connectivity index (χ0n) is 12.5. The highest BCUT2D eigenvalue weighted by atomic mass is 35.5. The largest absolute Gasteiger partial charge is 0.307 e. The molecule has 0 spiro atoms. The van der Waals surface area contributed by atoms with Crippen LogP contribution in [0.4, 0.5) is 0 Å². The molecule has 1 aromatic rings. The molecule has 1 saturated carbocycles. The van der Waals surface area contributed by atoms with Crippen molar-refractivity contribution in [2.24, 2.45) is 11.3 Å². The summed E-state index contributed by atoms with van der Waals surface area (Å²) in [5, 5.41) is 4.61. The second-order valence-electron chi connectivity index (χ2n) is 7.05. The summed E-state index contributed by atoms with van der Waals surface area (Å²) in [5.74, 6) is 0.813. The van der Waals surface area contributed by atoms with E-state index in [1.165, 1.54) is 24.8 Å². The minimum absolute atomic E-state index is 0.366. The van der Waals surface area contributed by atoms with E-state index in [2.05, 4.69) is 45.1 Å². The van der Waals surface area contributed by atoms with Crippen molar-refractivity contribution in [3.63, 3.8) is 0 Å². The molecule has 19 heavy (non-hydrogen) atoms. The molecule has 1 aliphatic rings. The molecule has 1 nitrogen and oxygen atoms in total. The molecule has 0 amide bonds. The first kappa shape index (κ1) is 14.9. The molecule has 0 saturated heterocycles. The SMILES string of the molecule is CC1CC(NC(C)c2cccc(Cl)c2)CC(C)(C)C1. The van der Waals surface area contributed by atoms with Crippen molar-refractivity contribution in [1.82, 2.24) is 5.32 Å². The fraction of sp³-hybridized carbons (Fsp3) is 0.647. The van der Waals surface area contributed by atoms with Gasteiger partial charge in [-0.3, -0.25) is 0 Å². The summed E-state index contributed by atoms with van der Waals surface area (Å²) in [7, 11) is 0. The molecule has 1 N–H and O–H groups in total. The highest BCUT2D eigenvalue weighted by Gasteiger charge is 2.32. The van der Waals surface area contributed by atoms with Crippen LogP contribution in [0.3, 0.4) is 0 Å². The molecule has 3 unspecified atom stereocenters. The molecule has 106 valence electrons. The van der Waals surface area contributed by atoms with Gasteiger partial charge in [-0.1, -0.05) is 44.5 Å². The van der Waals surface area contributed by atoms with Gasteiger partial charge >= 0.3 is 0 Å². The second-order valence-corrected chi connectivity index (χ2v) is 7.49. The van der Waals surface area contributed by atoms with Crippen LogP contribution in [0, 0.1) is 11.3 Å². The predicted octanol–water partition coefficient (Wildman–Crippen LogP) is 5.21. The minimum Gasteiger partial charge on any atom is -0.307 e. The Morgan fingerprint density at radius 2 is 2.05 bits per heavy atom. The summed E-state index contributed by atoms with van der Waals surface area (Å²) in [5.41, 5.74) is 1.74. The lowest BCUT2D eigenvalue weighted by atomic mass is 9.70. The Balaban J connectivity index is 2.00. The summed E-state index contributed by atoms with van der Waals surface area (Å²) in [6.45, 7) is 9.39. The van der Waals surface area contributed by atoms with Crippen LogP contribution >= 0.6 is 11.6 Å². The molecule has 3 atom stereocenters. The van der Waals surface area contributed by atoms with Crippen LogP contribution in [0.2, 0.25) is 5.02 Å². The van der Waals surface area contributed by atoms with Crippen LogP contribution in [0.25, 0.3) is 0 Å². The smallest absolute Gasteiger partial charge is 0.0409 e. The summed E-state index contributed by atoms with van der Waals surface area (Å²) in [4.78, 5) is 0. The second kappa shape index (κ2) is 5.85. The van der Waals surface area contributed by atoms with Gasteiger partial charge in [0.1, 0.15) is 0 Å². The van der Waals surface area contributed by atoms with Crippen LogP contribution in [0.1, 0.15) is 58.6 Å². The van der Waals surface area contributed by atoms with Crippen LogP contribution in [-0.2, 0) is 0 Å². The minimum atomic E-state index is 0.366. The van der Waals surface area contributed by atoms with Crippen molar-refractivity contribution >= 4 is 11.6 Å². The Labute approximate surface area is 122 Å². The van der Waals surface area contributed by atoms with Crippen molar-refractivity contribution < 1.29 is 0 Å². The summed E-state index contributed by atoms with van der Waals surface area (Å²) in [6.07, 6.45) is 3.90. The van der Waals surface area contributed by atoms with Crippen molar-refractivity contribution in [2.45, 2.75) is 59.0 Å². The third kappa shape index (κ3) is 4.22. The van der Waals surface area contributed by atoms with Gasteiger partial charge in [0.15, 0.2) is 0 Å². The maximum Gasteiger partial charge on any atom is 0.0409 e. The van der Waals surface area contributed by atoms with Crippen LogP contribution in [-0.4, -0.2) is 6.04 Å².